The highest BCUT2D eigenvalue weighted by Crippen LogP contribution is 2.23. The third-order valence-electron chi connectivity index (χ3n) is 4.44. The topological polar surface area (TPSA) is 101 Å². The molecule has 1 heterocycles. The summed E-state index contributed by atoms with van der Waals surface area (Å²) in [4.78, 5) is 16.2. The van der Waals surface area contributed by atoms with E-state index in [2.05, 4.69) is 4.98 Å². The Labute approximate surface area is 166 Å². The molecule has 7 nitrogen and oxygen atoms in total. The van der Waals surface area contributed by atoms with E-state index >= 15 is 0 Å². The molecule has 0 saturated carbocycles. The molecule has 0 aliphatic heterocycles. The Balaban J connectivity index is 1.85. The quantitative estimate of drug-likeness (QED) is 0.569. The van der Waals surface area contributed by atoms with E-state index in [0.717, 1.165) is 16.7 Å². The number of amides is 1. The van der Waals surface area contributed by atoms with Crippen LogP contribution in [0.2, 0.25) is 0 Å². The number of nitrogens with two attached hydrogens (primary N) is 1. The average molecular weight is 398 g/mol. The van der Waals surface area contributed by atoms with Crippen LogP contribution in [0.3, 0.4) is 0 Å². The Morgan fingerprint density at radius 2 is 1.93 bits per heavy atom. The highest BCUT2D eigenvalue weighted by Gasteiger charge is 2.20. The molecule has 2 aromatic carbocycles. The van der Waals surface area contributed by atoms with Gasteiger partial charge in [-0.3, -0.25) is 9.35 Å². The molecule has 2 unspecified atom stereocenters. The van der Waals surface area contributed by atoms with Gasteiger partial charge in [0.2, 0.25) is 5.91 Å². The second kappa shape index (κ2) is 8.81. The normalized spacial score (nSPS) is 13.1. The number of aromatic nitrogens is 2. The highest BCUT2D eigenvalue weighted by atomic mass is 32.2. The van der Waals surface area contributed by atoms with Gasteiger partial charge in [0.1, 0.15) is 0 Å². The maximum atomic E-state index is 12.1. The Hall–Kier alpha value is -2.97. The number of hydrogen-bond acceptors (Lipinski definition) is 3. The van der Waals surface area contributed by atoms with Crippen LogP contribution in [-0.4, -0.2) is 24.2 Å². The van der Waals surface area contributed by atoms with Crippen LogP contribution in [0.5, 0.6) is 0 Å². The molecular weight excluding hydrogens is 376 g/mol. The lowest BCUT2D eigenvalue weighted by Crippen LogP contribution is -2.26. The zero-order chi connectivity index (χ0) is 20.1. The molecule has 1 aromatic heterocycles. The minimum atomic E-state index is -2.23. The van der Waals surface area contributed by atoms with Crippen LogP contribution < -0.4 is 10.0 Å². The number of primary amides is 1. The predicted octanol–water partition coefficient (Wildman–Crippen LogP) is 2.38. The van der Waals surface area contributed by atoms with Crippen molar-refractivity contribution in [2.24, 2.45) is 12.8 Å². The minimum absolute atomic E-state index is 0.171. The summed E-state index contributed by atoms with van der Waals surface area (Å²) in [6.45, 7) is 0.171. The van der Waals surface area contributed by atoms with E-state index in [-0.39, 0.29) is 6.54 Å². The smallest absolute Gasteiger partial charge is 0.263 e. The number of imidazole rings is 1. The Morgan fingerprint density at radius 3 is 2.54 bits per heavy atom. The van der Waals surface area contributed by atoms with E-state index < -0.39 is 23.1 Å². The van der Waals surface area contributed by atoms with Crippen LogP contribution in [0, 0.1) is 0 Å². The lowest BCUT2D eigenvalue weighted by atomic mass is 9.90. The number of carbonyl (C=O) groups excluding carboxylic acids is 1. The molecular formula is C20H22N4O3S. The second-order valence-corrected chi connectivity index (χ2v) is 7.46. The van der Waals surface area contributed by atoms with Crippen molar-refractivity contribution in [3.8, 4) is 0 Å². The molecule has 0 radical (unpaired) electrons. The molecule has 0 spiro atoms. The van der Waals surface area contributed by atoms with Crippen molar-refractivity contribution in [3.63, 3.8) is 0 Å². The van der Waals surface area contributed by atoms with Crippen LogP contribution in [0.15, 0.2) is 67.1 Å². The maximum Gasteiger partial charge on any atom is 0.263 e. The molecule has 0 fully saturated rings. The van der Waals surface area contributed by atoms with Crippen LogP contribution in [0.4, 0.5) is 5.82 Å². The van der Waals surface area contributed by atoms with Crippen molar-refractivity contribution >= 4 is 23.0 Å². The number of rotatable bonds is 8. The summed E-state index contributed by atoms with van der Waals surface area (Å²) in [6, 6.07) is 17.0. The Kier molecular flexibility index (Phi) is 6.23. The molecule has 2 atom stereocenters. The first-order chi connectivity index (χ1) is 13.4. The number of carbonyl (C=O) groups is 1. The first-order valence-corrected chi connectivity index (χ1v) is 9.79. The highest BCUT2D eigenvalue weighted by molar-refractivity contribution is 7.80. The van der Waals surface area contributed by atoms with Gasteiger partial charge in [0, 0.05) is 13.2 Å². The molecule has 0 bridgehead atoms. The number of hydrogen-bond donors (Lipinski definition) is 2. The number of anilines is 1. The minimum Gasteiger partial charge on any atom is -0.369 e. The van der Waals surface area contributed by atoms with E-state index in [1.807, 2.05) is 54.6 Å². The predicted molar refractivity (Wildman–Crippen MR) is 109 cm³/mol. The lowest BCUT2D eigenvalue weighted by molar-refractivity contribution is -0.119. The molecule has 0 saturated heterocycles. The molecule has 0 aliphatic carbocycles. The third kappa shape index (κ3) is 4.85. The molecule has 28 heavy (non-hydrogen) atoms. The van der Waals surface area contributed by atoms with Gasteiger partial charge in [-0.05, 0) is 23.1 Å². The van der Waals surface area contributed by atoms with E-state index in [9.17, 15) is 13.6 Å². The fourth-order valence-electron chi connectivity index (χ4n) is 3.05. The van der Waals surface area contributed by atoms with Gasteiger partial charge in [-0.25, -0.2) is 13.5 Å². The number of benzene rings is 2. The molecule has 146 valence electrons. The molecule has 8 heteroatoms. The van der Waals surface area contributed by atoms with Gasteiger partial charge in [-0.2, -0.15) is 0 Å². The monoisotopic (exact) mass is 398 g/mol. The van der Waals surface area contributed by atoms with Crippen molar-refractivity contribution in [3.05, 3.63) is 83.8 Å². The van der Waals surface area contributed by atoms with Crippen molar-refractivity contribution in [2.75, 3.05) is 4.31 Å². The standard InChI is InChI=1S/C20H22N4O3S/c1-23-13-19(22-14-23)24(28(26)27)12-16-8-5-9-17(10-16)18(20(21)25)11-15-6-3-2-4-7-15/h2-10,13-14,18H,11-12H2,1H3,(H2,21,25)(H,26,27). The van der Waals surface area contributed by atoms with Crippen molar-refractivity contribution in [2.45, 2.75) is 18.9 Å². The summed E-state index contributed by atoms with van der Waals surface area (Å²) in [6.07, 6.45) is 3.73. The van der Waals surface area contributed by atoms with Crippen LogP contribution in [0.25, 0.3) is 0 Å². The summed E-state index contributed by atoms with van der Waals surface area (Å²) in [5, 5.41) is 0. The van der Waals surface area contributed by atoms with E-state index in [1.54, 1.807) is 24.1 Å². The summed E-state index contributed by atoms with van der Waals surface area (Å²) in [7, 11) is 1.79. The summed E-state index contributed by atoms with van der Waals surface area (Å²) in [5.41, 5.74) is 8.23. The van der Waals surface area contributed by atoms with Crippen LogP contribution >= 0.6 is 0 Å². The summed E-state index contributed by atoms with van der Waals surface area (Å²) < 4.78 is 24.4. The second-order valence-electron chi connectivity index (χ2n) is 6.55. The van der Waals surface area contributed by atoms with Gasteiger partial charge in [0.15, 0.2) is 5.82 Å². The Morgan fingerprint density at radius 1 is 1.21 bits per heavy atom. The lowest BCUT2D eigenvalue weighted by Gasteiger charge is -2.19. The number of aryl methyl sites for hydroxylation is 1. The summed E-state index contributed by atoms with van der Waals surface area (Å²) >= 11 is -2.23. The van der Waals surface area contributed by atoms with Gasteiger partial charge in [-0.15, -0.1) is 0 Å². The zero-order valence-corrected chi connectivity index (χ0v) is 16.2. The summed E-state index contributed by atoms with van der Waals surface area (Å²) in [5.74, 6) is -0.497. The van der Waals surface area contributed by atoms with Crippen molar-refractivity contribution < 1.29 is 13.6 Å². The van der Waals surface area contributed by atoms with E-state index in [4.69, 9.17) is 5.73 Å². The van der Waals surface area contributed by atoms with Gasteiger partial charge in [0.25, 0.3) is 11.3 Å². The first kappa shape index (κ1) is 19.8. The SMILES string of the molecule is Cn1cnc(N(Cc2cccc(C(Cc3ccccc3)C(N)=O)c2)S(=O)O)c1. The maximum absolute atomic E-state index is 12.1. The largest absolute Gasteiger partial charge is 0.369 e. The van der Waals surface area contributed by atoms with Crippen LogP contribution in [-0.2, 0) is 36.1 Å². The Bertz CT molecular complexity index is 974. The van der Waals surface area contributed by atoms with E-state index in [1.165, 1.54) is 4.31 Å². The number of nitrogens with zero attached hydrogens (tertiary/aromatic N) is 3. The third-order valence-corrected chi connectivity index (χ3v) is 5.13. The van der Waals surface area contributed by atoms with Gasteiger partial charge < -0.3 is 10.3 Å². The van der Waals surface area contributed by atoms with Gasteiger partial charge in [0.05, 0.1) is 18.8 Å². The zero-order valence-electron chi connectivity index (χ0n) is 15.4. The van der Waals surface area contributed by atoms with Crippen molar-refractivity contribution in [1.82, 2.24) is 9.55 Å². The first-order valence-electron chi connectivity index (χ1n) is 8.72. The van der Waals surface area contributed by atoms with Gasteiger partial charge in [-0.1, -0.05) is 54.6 Å². The van der Waals surface area contributed by atoms with Gasteiger partial charge >= 0.3 is 0 Å². The van der Waals surface area contributed by atoms with Crippen molar-refractivity contribution in [1.29, 1.82) is 0 Å². The molecule has 0 aliphatic rings. The molecule has 1 amide bonds. The average Bonchev–Trinajstić information content (AvgIpc) is 3.10. The fourth-order valence-corrected chi connectivity index (χ4v) is 3.56. The van der Waals surface area contributed by atoms with E-state index in [0.29, 0.717) is 12.2 Å². The molecule has 3 aromatic rings. The molecule has 3 N–H and O–H groups in total. The fraction of sp³-hybridized carbons (Fsp3) is 0.200. The van der Waals surface area contributed by atoms with Crippen LogP contribution in [0.1, 0.15) is 22.6 Å². The molecule has 3 rings (SSSR count).